The number of nitrogens with zero attached hydrogens (tertiary/aromatic N) is 2. The highest BCUT2D eigenvalue weighted by molar-refractivity contribution is 7.89. The van der Waals surface area contributed by atoms with Gasteiger partial charge in [-0.25, -0.2) is 8.42 Å². The molecule has 0 saturated heterocycles. The predicted molar refractivity (Wildman–Crippen MR) is 74.2 cm³/mol. The molecule has 0 aromatic heterocycles. The Labute approximate surface area is 123 Å². The predicted octanol–water partition coefficient (Wildman–Crippen LogP) is 0.588. The van der Waals surface area contributed by atoms with Crippen molar-refractivity contribution in [3.8, 4) is 6.07 Å². The molecule has 114 valence electrons. The van der Waals surface area contributed by atoms with Crippen LogP contribution in [0.3, 0.4) is 0 Å². The summed E-state index contributed by atoms with van der Waals surface area (Å²) in [5.41, 5.74) is 0.885. The number of ether oxygens (including phenoxy) is 1. The van der Waals surface area contributed by atoms with Crippen LogP contribution in [0.1, 0.15) is 11.1 Å². The van der Waals surface area contributed by atoms with Gasteiger partial charge >= 0.3 is 5.97 Å². The number of hydrogen-bond acceptors (Lipinski definition) is 5. The van der Waals surface area contributed by atoms with Crippen LogP contribution in [-0.2, 0) is 19.6 Å². The topological polar surface area (TPSA) is 108 Å². The Bertz CT molecular complexity index is 664. The molecule has 8 heteroatoms. The molecule has 1 aromatic carbocycles. The number of benzene rings is 1. The van der Waals surface area contributed by atoms with Crippen molar-refractivity contribution in [3.05, 3.63) is 29.3 Å². The maximum atomic E-state index is 12.4. The fraction of sp³-hybridized carbons (Fsp3) is 0.385. The van der Waals surface area contributed by atoms with Crippen LogP contribution >= 0.6 is 0 Å². The number of rotatable bonds is 7. The van der Waals surface area contributed by atoms with E-state index in [0.29, 0.717) is 11.1 Å². The van der Waals surface area contributed by atoms with Gasteiger partial charge in [0.1, 0.15) is 6.54 Å². The van der Waals surface area contributed by atoms with E-state index in [0.717, 1.165) is 4.31 Å². The van der Waals surface area contributed by atoms with Gasteiger partial charge in [-0.05, 0) is 30.7 Å². The van der Waals surface area contributed by atoms with Gasteiger partial charge in [-0.2, -0.15) is 9.57 Å². The van der Waals surface area contributed by atoms with Crippen molar-refractivity contribution in [2.45, 2.75) is 11.8 Å². The standard InChI is InChI=1S/C13H16N2O5S/c1-10-7-12(4-3-11(10)8-14)21(18,19)15(5-6-20-2)9-13(16)17/h3-4,7H,5-6,9H2,1-2H3,(H,16,17). The molecule has 0 aliphatic carbocycles. The fourth-order valence-electron chi connectivity index (χ4n) is 1.70. The molecule has 0 amide bonds. The molecule has 21 heavy (non-hydrogen) atoms. The zero-order valence-electron chi connectivity index (χ0n) is 11.7. The first-order valence-electron chi connectivity index (χ1n) is 6.04. The molecule has 7 nitrogen and oxygen atoms in total. The average molecular weight is 312 g/mol. The average Bonchev–Trinajstić information content (AvgIpc) is 2.42. The summed E-state index contributed by atoms with van der Waals surface area (Å²) in [5.74, 6) is -1.25. The Balaban J connectivity index is 3.18. The summed E-state index contributed by atoms with van der Waals surface area (Å²) in [6, 6.07) is 6.00. The molecule has 0 spiro atoms. The highest BCUT2D eigenvalue weighted by atomic mass is 32.2. The lowest BCUT2D eigenvalue weighted by molar-refractivity contribution is -0.137. The molecule has 1 aromatic rings. The molecule has 0 fully saturated rings. The van der Waals surface area contributed by atoms with Crippen molar-refractivity contribution in [1.82, 2.24) is 4.31 Å². The van der Waals surface area contributed by atoms with E-state index in [2.05, 4.69) is 0 Å². The van der Waals surface area contributed by atoms with Crippen molar-refractivity contribution in [1.29, 1.82) is 5.26 Å². The lowest BCUT2D eigenvalue weighted by atomic mass is 10.1. The number of aliphatic carboxylic acids is 1. The number of aryl methyl sites for hydroxylation is 1. The smallest absolute Gasteiger partial charge is 0.318 e. The van der Waals surface area contributed by atoms with E-state index in [-0.39, 0.29) is 18.0 Å². The van der Waals surface area contributed by atoms with E-state index >= 15 is 0 Å². The van der Waals surface area contributed by atoms with Crippen molar-refractivity contribution in [2.24, 2.45) is 0 Å². The molecule has 1 N–H and O–H groups in total. The Morgan fingerprint density at radius 2 is 2.14 bits per heavy atom. The van der Waals surface area contributed by atoms with Gasteiger partial charge in [-0.1, -0.05) is 0 Å². The fourth-order valence-corrected chi connectivity index (χ4v) is 3.16. The Morgan fingerprint density at radius 1 is 1.48 bits per heavy atom. The van der Waals surface area contributed by atoms with Gasteiger partial charge in [0.25, 0.3) is 0 Å². The van der Waals surface area contributed by atoms with E-state index < -0.39 is 22.5 Å². The van der Waals surface area contributed by atoms with Crippen molar-refractivity contribution in [3.63, 3.8) is 0 Å². The van der Waals surface area contributed by atoms with Crippen LogP contribution in [0.15, 0.2) is 23.1 Å². The first-order chi connectivity index (χ1) is 9.82. The Kier molecular flexibility index (Phi) is 5.84. The van der Waals surface area contributed by atoms with Gasteiger partial charge in [0, 0.05) is 13.7 Å². The number of carbonyl (C=O) groups is 1. The molecule has 0 atom stereocenters. The number of carboxylic acid groups (broad SMARTS) is 1. The molecule has 0 bridgehead atoms. The molecule has 0 radical (unpaired) electrons. The summed E-state index contributed by atoms with van der Waals surface area (Å²) in [4.78, 5) is 10.8. The second-order valence-electron chi connectivity index (χ2n) is 4.31. The third-order valence-electron chi connectivity index (χ3n) is 2.81. The van der Waals surface area contributed by atoms with Crippen molar-refractivity contribution >= 4 is 16.0 Å². The van der Waals surface area contributed by atoms with Crippen LogP contribution in [0.5, 0.6) is 0 Å². The quantitative estimate of drug-likeness (QED) is 0.789. The molecule has 0 unspecified atom stereocenters. The second-order valence-corrected chi connectivity index (χ2v) is 6.25. The molecule has 1 rings (SSSR count). The van der Waals surface area contributed by atoms with Gasteiger partial charge in [0.2, 0.25) is 10.0 Å². The first-order valence-corrected chi connectivity index (χ1v) is 7.48. The highest BCUT2D eigenvalue weighted by Crippen LogP contribution is 2.19. The number of methoxy groups -OCH3 is 1. The van der Waals surface area contributed by atoms with E-state index in [1.54, 1.807) is 6.92 Å². The van der Waals surface area contributed by atoms with Gasteiger partial charge in [-0.15, -0.1) is 0 Å². The van der Waals surface area contributed by atoms with E-state index in [4.69, 9.17) is 15.1 Å². The summed E-state index contributed by atoms with van der Waals surface area (Å²) in [6.45, 7) is 0.991. The van der Waals surface area contributed by atoms with E-state index in [1.807, 2.05) is 6.07 Å². The van der Waals surface area contributed by atoms with Crippen LogP contribution in [0.4, 0.5) is 0 Å². The third-order valence-corrected chi connectivity index (χ3v) is 4.65. The molecule has 0 heterocycles. The SMILES string of the molecule is COCCN(CC(=O)O)S(=O)(=O)c1ccc(C#N)c(C)c1. The number of carboxylic acids is 1. The summed E-state index contributed by atoms with van der Waals surface area (Å²) >= 11 is 0. The number of sulfonamides is 1. The molecule has 0 saturated carbocycles. The van der Waals surface area contributed by atoms with Gasteiger partial charge < -0.3 is 9.84 Å². The number of hydrogen-bond donors (Lipinski definition) is 1. The molecule has 0 aliphatic rings. The molecule has 0 aliphatic heterocycles. The van der Waals surface area contributed by atoms with E-state index in [9.17, 15) is 13.2 Å². The first kappa shape index (κ1) is 17.1. The van der Waals surface area contributed by atoms with Crippen LogP contribution in [0.25, 0.3) is 0 Å². The van der Waals surface area contributed by atoms with Crippen molar-refractivity contribution < 1.29 is 23.1 Å². The maximum Gasteiger partial charge on any atom is 0.318 e. The summed E-state index contributed by atoms with van der Waals surface area (Å²) < 4.78 is 30.5. The van der Waals surface area contributed by atoms with Gasteiger partial charge in [0.15, 0.2) is 0 Å². The summed E-state index contributed by atoms with van der Waals surface area (Å²) in [6.07, 6.45) is 0. The maximum absolute atomic E-state index is 12.4. The second kappa shape index (κ2) is 7.17. The third kappa shape index (κ3) is 4.26. The lowest BCUT2D eigenvalue weighted by Gasteiger charge is -2.20. The highest BCUT2D eigenvalue weighted by Gasteiger charge is 2.26. The molecular weight excluding hydrogens is 296 g/mol. The van der Waals surface area contributed by atoms with Crippen LogP contribution in [0.2, 0.25) is 0 Å². The summed E-state index contributed by atoms with van der Waals surface area (Å²) in [5, 5.41) is 17.7. The van der Waals surface area contributed by atoms with Gasteiger partial charge in [0.05, 0.1) is 23.1 Å². The minimum absolute atomic E-state index is 0.0450. The summed E-state index contributed by atoms with van der Waals surface area (Å²) in [7, 11) is -2.55. The normalized spacial score (nSPS) is 11.3. The van der Waals surface area contributed by atoms with Crippen molar-refractivity contribution in [2.75, 3.05) is 26.8 Å². The minimum atomic E-state index is -3.95. The number of nitriles is 1. The largest absolute Gasteiger partial charge is 0.480 e. The Morgan fingerprint density at radius 3 is 2.62 bits per heavy atom. The minimum Gasteiger partial charge on any atom is -0.480 e. The van der Waals surface area contributed by atoms with E-state index in [1.165, 1.54) is 25.3 Å². The monoisotopic (exact) mass is 312 g/mol. The van der Waals surface area contributed by atoms with Crippen LogP contribution in [-0.4, -0.2) is 50.6 Å². The lowest BCUT2D eigenvalue weighted by Crippen LogP contribution is -2.38. The zero-order valence-corrected chi connectivity index (χ0v) is 12.6. The van der Waals surface area contributed by atoms with Crippen LogP contribution in [0, 0.1) is 18.3 Å². The van der Waals surface area contributed by atoms with Gasteiger partial charge in [-0.3, -0.25) is 4.79 Å². The molecular formula is C13H16N2O5S. The van der Waals surface area contributed by atoms with Crippen LogP contribution < -0.4 is 0 Å². The zero-order chi connectivity index (χ0) is 16.0. The Hall–Kier alpha value is -1.95.